The van der Waals surface area contributed by atoms with E-state index in [4.69, 9.17) is 4.98 Å². The van der Waals surface area contributed by atoms with Crippen LogP contribution < -0.4 is 5.56 Å². The number of hydrogen-bond donors (Lipinski definition) is 1. The number of H-pyrrole nitrogens is 1. The monoisotopic (exact) mass is 363 g/mol. The lowest BCUT2D eigenvalue weighted by Gasteiger charge is -2.27. The second-order valence-corrected chi connectivity index (χ2v) is 8.13. The average molecular weight is 363 g/mol. The van der Waals surface area contributed by atoms with Gasteiger partial charge in [-0.2, -0.15) is 0 Å². The van der Waals surface area contributed by atoms with E-state index in [0.29, 0.717) is 12.4 Å². The molecule has 1 aliphatic heterocycles. The van der Waals surface area contributed by atoms with Crippen molar-refractivity contribution in [2.45, 2.75) is 45.8 Å². The van der Waals surface area contributed by atoms with E-state index >= 15 is 0 Å². The van der Waals surface area contributed by atoms with Crippen molar-refractivity contribution in [3.05, 3.63) is 70.2 Å². The predicted octanol–water partition coefficient (Wildman–Crippen LogP) is 2.95. The van der Waals surface area contributed by atoms with Crippen molar-refractivity contribution in [1.82, 2.24) is 24.4 Å². The second-order valence-electron chi connectivity index (χ2n) is 8.13. The van der Waals surface area contributed by atoms with E-state index in [1.165, 1.54) is 5.56 Å². The summed E-state index contributed by atoms with van der Waals surface area (Å²) in [6.07, 6.45) is 8.53. The van der Waals surface area contributed by atoms with Crippen LogP contribution in [0.2, 0.25) is 0 Å². The van der Waals surface area contributed by atoms with Gasteiger partial charge in [-0.15, -0.1) is 0 Å². The van der Waals surface area contributed by atoms with Crippen molar-refractivity contribution in [3.63, 3.8) is 0 Å². The summed E-state index contributed by atoms with van der Waals surface area (Å²) in [4.78, 5) is 26.6. The molecule has 0 aromatic carbocycles. The van der Waals surface area contributed by atoms with Gasteiger partial charge in [-0.05, 0) is 44.5 Å². The first-order valence-corrected chi connectivity index (χ1v) is 9.32. The molecule has 4 heterocycles. The predicted molar refractivity (Wildman–Crippen MR) is 105 cm³/mol. The molecular weight excluding hydrogens is 338 g/mol. The molecule has 0 atom stereocenters. The van der Waals surface area contributed by atoms with Gasteiger partial charge in [0.05, 0.1) is 11.3 Å². The van der Waals surface area contributed by atoms with Crippen molar-refractivity contribution in [2.24, 2.45) is 0 Å². The molecule has 140 valence electrons. The van der Waals surface area contributed by atoms with Gasteiger partial charge in [0.1, 0.15) is 5.82 Å². The lowest BCUT2D eigenvalue weighted by molar-refractivity contribution is 0.241. The minimum atomic E-state index is -0.0382. The van der Waals surface area contributed by atoms with Gasteiger partial charge in [-0.25, -0.2) is 4.98 Å². The zero-order chi connectivity index (χ0) is 19.0. The zero-order valence-corrected chi connectivity index (χ0v) is 16.1. The lowest BCUT2D eigenvalue weighted by Crippen LogP contribution is -2.35. The Hall–Kier alpha value is -2.73. The van der Waals surface area contributed by atoms with Crippen molar-refractivity contribution in [3.8, 4) is 11.4 Å². The highest BCUT2D eigenvalue weighted by atomic mass is 16.1. The van der Waals surface area contributed by atoms with Crippen LogP contribution in [-0.2, 0) is 25.0 Å². The van der Waals surface area contributed by atoms with Crippen LogP contribution in [-0.4, -0.2) is 31.0 Å². The molecule has 27 heavy (non-hydrogen) atoms. The standard InChI is InChI=1S/C21H25N5O/c1-21(2,3)26-11-6-15(13-26)12-25-10-7-18-17(14-25)20(27)24-19(23-18)16-4-8-22-9-5-16/h4-6,8-9,11,13H,7,10,12,14H2,1-3H3,(H,23,24,27). The molecule has 0 radical (unpaired) electrons. The van der Waals surface area contributed by atoms with Crippen molar-refractivity contribution in [2.75, 3.05) is 6.54 Å². The van der Waals surface area contributed by atoms with E-state index in [0.717, 1.165) is 36.3 Å². The Bertz CT molecular complexity index is 997. The zero-order valence-electron chi connectivity index (χ0n) is 16.1. The van der Waals surface area contributed by atoms with E-state index in [-0.39, 0.29) is 11.1 Å². The average Bonchev–Trinajstić information content (AvgIpc) is 3.12. The summed E-state index contributed by atoms with van der Waals surface area (Å²) >= 11 is 0. The van der Waals surface area contributed by atoms with Crippen LogP contribution in [0.1, 0.15) is 37.6 Å². The van der Waals surface area contributed by atoms with Gasteiger partial charge in [0, 0.05) is 61.9 Å². The Morgan fingerprint density at radius 2 is 1.96 bits per heavy atom. The van der Waals surface area contributed by atoms with Gasteiger partial charge in [0.25, 0.3) is 5.56 Å². The molecule has 1 N–H and O–H groups in total. The van der Waals surface area contributed by atoms with Crippen molar-refractivity contribution in [1.29, 1.82) is 0 Å². The van der Waals surface area contributed by atoms with Gasteiger partial charge >= 0.3 is 0 Å². The summed E-state index contributed by atoms with van der Waals surface area (Å²) < 4.78 is 2.23. The third-order valence-electron chi connectivity index (χ3n) is 5.04. The van der Waals surface area contributed by atoms with Crippen molar-refractivity contribution >= 4 is 0 Å². The highest BCUT2D eigenvalue weighted by molar-refractivity contribution is 5.54. The van der Waals surface area contributed by atoms with E-state index < -0.39 is 0 Å². The van der Waals surface area contributed by atoms with Crippen LogP contribution in [0.4, 0.5) is 0 Å². The molecule has 0 spiro atoms. The molecule has 0 saturated carbocycles. The Kier molecular flexibility index (Phi) is 4.44. The summed E-state index contributed by atoms with van der Waals surface area (Å²) in [6.45, 7) is 8.96. The SMILES string of the molecule is CC(C)(C)n1ccc(CN2CCc3nc(-c4ccncc4)[nH]c(=O)c3C2)c1. The number of fused-ring (bicyclic) bond motifs is 1. The number of nitrogens with one attached hydrogen (secondary N) is 1. The van der Waals surface area contributed by atoms with Crippen LogP contribution in [0.5, 0.6) is 0 Å². The summed E-state index contributed by atoms with van der Waals surface area (Å²) in [5.41, 5.74) is 3.89. The van der Waals surface area contributed by atoms with Crippen LogP contribution in [0.25, 0.3) is 11.4 Å². The van der Waals surface area contributed by atoms with Gasteiger partial charge in [0.15, 0.2) is 0 Å². The Morgan fingerprint density at radius 3 is 2.67 bits per heavy atom. The van der Waals surface area contributed by atoms with E-state index in [1.54, 1.807) is 12.4 Å². The molecule has 0 aliphatic carbocycles. The number of nitrogens with zero attached hydrogens (tertiary/aromatic N) is 4. The van der Waals surface area contributed by atoms with E-state index in [1.807, 2.05) is 12.1 Å². The van der Waals surface area contributed by atoms with Crippen LogP contribution in [0, 0.1) is 0 Å². The number of rotatable bonds is 3. The molecule has 3 aromatic heterocycles. The minimum Gasteiger partial charge on any atom is -0.349 e. The molecule has 0 fully saturated rings. The summed E-state index contributed by atoms with van der Waals surface area (Å²) in [6, 6.07) is 5.88. The molecule has 1 aliphatic rings. The highest BCUT2D eigenvalue weighted by Gasteiger charge is 2.22. The van der Waals surface area contributed by atoms with Gasteiger partial charge in [0.2, 0.25) is 0 Å². The van der Waals surface area contributed by atoms with E-state index in [9.17, 15) is 4.79 Å². The van der Waals surface area contributed by atoms with Crippen molar-refractivity contribution < 1.29 is 0 Å². The fourth-order valence-electron chi connectivity index (χ4n) is 3.47. The molecule has 0 amide bonds. The lowest BCUT2D eigenvalue weighted by atomic mass is 10.1. The fraction of sp³-hybridized carbons (Fsp3) is 0.381. The molecule has 0 bridgehead atoms. The Morgan fingerprint density at radius 1 is 1.19 bits per heavy atom. The largest absolute Gasteiger partial charge is 0.349 e. The third kappa shape index (κ3) is 3.71. The molecule has 4 rings (SSSR count). The Balaban J connectivity index is 1.54. The number of aromatic amines is 1. The van der Waals surface area contributed by atoms with Crippen LogP contribution in [0.15, 0.2) is 47.8 Å². The Labute approximate surface area is 158 Å². The maximum absolute atomic E-state index is 12.6. The second kappa shape index (κ2) is 6.78. The number of hydrogen-bond acceptors (Lipinski definition) is 4. The topological polar surface area (TPSA) is 66.8 Å². The van der Waals surface area contributed by atoms with E-state index in [2.05, 4.69) is 58.7 Å². The summed E-state index contributed by atoms with van der Waals surface area (Å²) in [5, 5.41) is 0. The molecule has 3 aromatic rings. The van der Waals surface area contributed by atoms with Crippen LogP contribution in [0.3, 0.4) is 0 Å². The highest BCUT2D eigenvalue weighted by Crippen LogP contribution is 2.21. The molecule has 6 heteroatoms. The summed E-state index contributed by atoms with van der Waals surface area (Å²) in [5.74, 6) is 0.622. The maximum Gasteiger partial charge on any atom is 0.255 e. The summed E-state index contributed by atoms with van der Waals surface area (Å²) in [7, 11) is 0. The van der Waals surface area contributed by atoms with Gasteiger partial charge < -0.3 is 9.55 Å². The third-order valence-corrected chi connectivity index (χ3v) is 5.04. The fourth-order valence-corrected chi connectivity index (χ4v) is 3.47. The molecular formula is C21H25N5O. The first-order valence-electron chi connectivity index (χ1n) is 9.32. The van der Waals surface area contributed by atoms with Gasteiger partial charge in [-0.1, -0.05) is 0 Å². The first kappa shape index (κ1) is 17.7. The van der Waals surface area contributed by atoms with Crippen LogP contribution >= 0.6 is 0 Å². The molecule has 0 unspecified atom stereocenters. The molecule has 6 nitrogen and oxygen atoms in total. The maximum atomic E-state index is 12.6. The quantitative estimate of drug-likeness (QED) is 0.777. The minimum absolute atomic E-state index is 0.0382. The molecule has 0 saturated heterocycles. The number of aromatic nitrogens is 4. The smallest absolute Gasteiger partial charge is 0.255 e. The first-order chi connectivity index (χ1) is 12.9. The van der Waals surface area contributed by atoms with Gasteiger partial charge in [-0.3, -0.25) is 14.7 Å². The number of pyridine rings is 1. The normalized spacial score (nSPS) is 14.9.